The van der Waals surface area contributed by atoms with Gasteiger partial charge in [-0.05, 0) is 37.3 Å². The minimum atomic E-state index is -0.630. The van der Waals surface area contributed by atoms with Crippen molar-refractivity contribution in [2.45, 2.75) is 6.92 Å². The van der Waals surface area contributed by atoms with Gasteiger partial charge in [-0.1, -0.05) is 23.2 Å². The summed E-state index contributed by atoms with van der Waals surface area (Å²) in [7, 11) is 0. The highest BCUT2D eigenvalue weighted by Gasteiger charge is 2.13. The first-order chi connectivity index (χ1) is 8.97. The molecular formula is C14H10ClF2NO. The van der Waals surface area contributed by atoms with Crippen molar-refractivity contribution in [3.63, 3.8) is 0 Å². The molecule has 5 heteroatoms. The summed E-state index contributed by atoms with van der Waals surface area (Å²) < 4.78 is 26.4. The third-order valence-corrected chi connectivity index (χ3v) is 2.86. The average Bonchev–Trinajstić information content (AvgIpc) is 2.35. The van der Waals surface area contributed by atoms with Gasteiger partial charge in [-0.15, -0.1) is 0 Å². The Morgan fingerprint density at radius 3 is 2.58 bits per heavy atom. The fraction of sp³-hybridized carbons (Fsp3) is 0.0714. The molecular weight excluding hydrogens is 272 g/mol. The van der Waals surface area contributed by atoms with Crippen molar-refractivity contribution in [1.29, 1.82) is 0 Å². The van der Waals surface area contributed by atoms with Crippen molar-refractivity contribution in [2.24, 2.45) is 0 Å². The number of amides is 1. The zero-order chi connectivity index (χ0) is 14.0. The van der Waals surface area contributed by atoms with Gasteiger partial charge in [0.15, 0.2) is 0 Å². The summed E-state index contributed by atoms with van der Waals surface area (Å²) in [5.41, 5.74) is 0.908. The van der Waals surface area contributed by atoms with Crippen LogP contribution in [0, 0.1) is 18.6 Å². The van der Waals surface area contributed by atoms with Crippen molar-refractivity contribution in [3.05, 3.63) is 64.2 Å². The molecule has 2 aromatic carbocycles. The van der Waals surface area contributed by atoms with Gasteiger partial charge in [0.1, 0.15) is 11.6 Å². The quantitative estimate of drug-likeness (QED) is 0.879. The van der Waals surface area contributed by atoms with Gasteiger partial charge in [-0.2, -0.15) is 0 Å². The lowest BCUT2D eigenvalue weighted by Gasteiger charge is -2.08. The van der Waals surface area contributed by atoms with Crippen LogP contribution in [0.3, 0.4) is 0 Å². The molecule has 1 amide bonds. The maximum atomic E-state index is 13.5. The lowest BCUT2D eigenvalue weighted by molar-refractivity contribution is 0.102. The topological polar surface area (TPSA) is 29.1 Å². The first-order valence-corrected chi connectivity index (χ1v) is 5.88. The number of carbonyl (C=O) groups is 1. The van der Waals surface area contributed by atoms with E-state index in [0.29, 0.717) is 0 Å². The summed E-state index contributed by atoms with van der Waals surface area (Å²) in [6.07, 6.45) is 0. The van der Waals surface area contributed by atoms with Crippen LogP contribution >= 0.6 is 11.6 Å². The predicted molar refractivity (Wildman–Crippen MR) is 70.5 cm³/mol. The van der Waals surface area contributed by atoms with E-state index in [1.54, 1.807) is 13.0 Å². The van der Waals surface area contributed by atoms with E-state index in [9.17, 15) is 13.6 Å². The minimum absolute atomic E-state index is 0.0569. The van der Waals surface area contributed by atoms with Crippen LogP contribution in [0.15, 0.2) is 36.4 Å². The van der Waals surface area contributed by atoms with Crippen LogP contribution in [0.4, 0.5) is 14.5 Å². The molecule has 2 nitrogen and oxygen atoms in total. The van der Waals surface area contributed by atoms with Crippen LogP contribution in [0.1, 0.15) is 15.9 Å². The molecule has 1 N–H and O–H groups in total. The fourth-order valence-electron chi connectivity index (χ4n) is 1.59. The van der Waals surface area contributed by atoms with Gasteiger partial charge >= 0.3 is 0 Å². The number of benzene rings is 2. The van der Waals surface area contributed by atoms with Gasteiger partial charge in [-0.3, -0.25) is 4.79 Å². The van der Waals surface area contributed by atoms with E-state index in [4.69, 9.17) is 11.6 Å². The Hall–Kier alpha value is -1.94. The molecule has 19 heavy (non-hydrogen) atoms. The van der Waals surface area contributed by atoms with Crippen molar-refractivity contribution in [2.75, 3.05) is 5.32 Å². The van der Waals surface area contributed by atoms with Crippen molar-refractivity contribution in [3.8, 4) is 0 Å². The Morgan fingerprint density at radius 2 is 1.89 bits per heavy atom. The van der Waals surface area contributed by atoms with E-state index >= 15 is 0 Å². The summed E-state index contributed by atoms with van der Waals surface area (Å²) in [6, 6.07) is 7.77. The molecule has 0 aliphatic carbocycles. The first-order valence-electron chi connectivity index (χ1n) is 5.50. The van der Waals surface area contributed by atoms with Gasteiger partial charge in [0.05, 0.1) is 16.3 Å². The Bertz CT molecular complexity index is 643. The molecule has 0 radical (unpaired) electrons. The lowest BCUT2D eigenvalue weighted by Crippen LogP contribution is -2.14. The van der Waals surface area contributed by atoms with Gasteiger partial charge in [0.25, 0.3) is 5.91 Å². The van der Waals surface area contributed by atoms with Gasteiger partial charge in [0, 0.05) is 0 Å². The Labute approximate surface area is 114 Å². The zero-order valence-corrected chi connectivity index (χ0v) is 10.8. The highest BCUT2D eigenvalue weighted by atomic mass is 35.5. The Morgan fingerprint density at radius 1 is 1.16 bits per heavy atom. The highest BCUT2D eigenvalue weighted by molar-refractivity contribution is 6.33. The SMILES string of the molecule is Cc1ccc(F)c(C(=O)Nc2ccc(F)cc2Cl)c1. The molecule has 0 atom stereocenters. The zero-order valence-electron chi connectivity index (χ0n) is 10.0. The number of hydrogen-bond donors (Lipinski definition) is 1. The average molecular weight is 282 g/mol. The number of carbonyl (C=O) groups excluding carboxylic acids is 1. The smallest absolute Gasteiger partial charge is 0.258 e. The van der Waals surface area contributed by atoms with Crippen LogP contribution in [0.2, 0.25) is 5.02 Å². The van der Waals surface area contributed by atoms with Crippen molar-refractivity contribution >= 4 is 23.2 Å². The van der Waals surface area contributed by atoms with Crippen LogP contribution in [0.5, 0.6) is 0 Å². The molecule has 0 saturated carbocycles. The summed E-state index contributed by atoms with van der Waals surface area (Å²) in [5, 5.41) is 2.50. The molecule has 2 aromatic rings. The van der Waals surface area contributed by atoms with Gasteiger partial charge in [-0.25, -0.2) is 8.78 Å². The van der Waals surface area contributed by atoms with E-state index in [0.717, 1.165) is 17.7 Å². The number of rotatable bonds is 2. The number of hydrogen-bond acceptors (Lipinski definition) is 1. The van der Waals surface area contributed by atoms with E-state index in [1.165, 1.54) is 18.2 Å². The first kappa shape index (κ1) is 13.5. The Balaban J connectivity index is 2.28. The normalized spacial score (nSPS) is 10.3. The molecule has 0 fully saturated rings. The van der Waals surface area contributed by atoms with Crippen LogP contribution < -0.4 is 5.32 Å². The predicted octanol–water partition coefficient (Wildman–Crippen LogP) is 4.18. The summed E-state index contributed by atoms with van der Waals surface area (Å²) >= 11 is 5.78. The molecule has 2 rings (SSSR count). The Kier molecular flexibility index (Phi) is 3.81. The minimum Gasteiger partial charge on any atom is -0.321 e. The second-order valence-electron chi connectivity index (χ2n) is 4.06. The summed E-state index contributed by atoms with van der Waals surface area (Å²) in [4.78, 5) is 11.9. The molecule has 0 heterocycles. The van der Waals surface area contributed by atoms with Gasteiger partial charge < -0.3 is 5.32 Å². The maximum Gasteiger partial charge on any atom is 0.258 e. The second kappa shape index (κ2) is 5.36. The number of anilines is 1. The molecule has 0 saturated heterocycles. The van der Waals surface area contributed by atoms with Crippen LogP contribution in [-0.2, 0) is 0 Å². The second-order valence-corrected chi connectivity index (χ2v) is 4.47. The molecule has 0 unspecified atom stereocenters. The van der Waals surface area contributed by atoms with E-state index in [-0.39, 0.29) is 16.3 Å². The highest BCUT2D eigenvalue weighted by Crippen LogP contribution is 2.23. The van der Waals surface area contributed by atoms with Crippen LogP contribution in [-0.4, -0.2) is 5.91 Å². The fourth-order valence-corrected chi connectivity index (χ4v) is 1.81. The standard InChI is InChI=1S/C14H10ClF2NO/c1-8-2-4-12(17)10(6-8)14(19)18-13-5-3-9(16)7-11(13)15/h2-7H,1H3,(H,18,19). The summed E-state index contributed by atoms with van der Waals surface area (Å²) in [6.45, 7) is 1.75. The number of aryl methyl sites for hydroxylation is 1. The van der Waals surface area contributed by atoms with E-state index < -0.39 is 17.5 Å². The van der Waals surface area contributed by atoms with E-state index in [2.05, 4.69) is 5.32 Å². The third-order valence-electron chi connectivity index (χ3n) is 2.55. The molecule has 0 aliphatic heterocycles. The largest absolute Gasteiger partial charge is 0.321 e. The molecule has 98 valence electrons. The van der Waals surface area contributed by atoms with Crippen molar-refractivity contribution < 1.29 is 13.6 Å². The van der Waals surface area contributed by atoms with Gasteiger partial charge in [0.2, 0.25) is 0 Å². The number of nitrogens with one attached hydrogen (secondary N) is 1. The molecule has 0 aliphatic rings. The lowest BCUT2D eigenvalue weighted by atomic mass is 10.1. The molecule has 0 aromatic heterocycles. The molecule has 0 bridgehead atoms. The van der Waals surface area contributed by atoms with Crippen molar-refractivity contribution in [1.82, 2.24) is 0 Å². The maximum absolute atomic E-state index is 13.5. The molecule has 0 spiro atoms. The third kappa shape index (κ3) is 3.09. The van der Waals surface area contributed by atoms with E-state index in [1.807, 2.05) is 0 Å². The monoisotopic (exact) mass is 281 g/mol. The number of halogens is 3. The van der Waals surface area contributed by atoms with Crippen LogP contribution in [0.25, 0.3) is 0 Å². The summed E-state index contributed by atoms with van der Waals surface area (Å²) in [5.74, 6) is -1.76.